The van der Waals surface area contributed by atoms with Crippen molar-refractivity contribution in [1.82, 2.24) is 15.1 Å². The fraction of sp³-hybridized carbons (Fsp3) is 0.381. The third-order valence-corrected chi connectivity index (χ3v) is 5.55. The van der Waals surface area contributed by atoms with Gasteiger partial charge in [-0.25, -0.2) is 0 Å². The van der Waals surface area contributed by atoms with Crippen molar-refractivity contribution in [2.75, 3.05) is 32.7 Å². The molecule has 0 spiro atoms. The van der Waals surface area contributed by atoms with E-state index in [1.807, 2.05) is 31.2 Å². The Balaban J connectivity index is 1.43. The number of benzene rings is 2. The first-order valence-corrected chi connectivity index (χ1v) is 9.93. The van der Waals surface area contributed by atoms with E-state index >= 15 is 0 Å². The zero-order valence-corrected chi connectivity index (χ0v) is 16.8. The Morgan fingerprint density at radius 1 is 1.00 bits per heavy atom. The Morgan fingerprint density at radius 2 is 1.62 bits per heavy atom. The van der Waals surface area contributed by atoms with Crippen LogP contribution in [0, 0.1) is 0 Å². The van der Waals surface area contributed by atoms with Gasteiger partial charge >= 0.3 is 0 Å². The molecule has 0 aromatic heterocycles. The molecule has 0 aliphatic carbocycles. The molecule has 0 radical (unpaired) electrons. The summed E-state index contributed by atoms with van der Waals surface area (Å²) >= 11 is 3.55. The van der Waals surface area contributed by atoms with Crippen molar-refractivity contribution in [1.29, 1.82) is 0 Å². The van der Waals surface area contributed by atoms with Gasteiger partial charge in [0.05, 0.1) is 12.6 Å². The lowest BCUT2D eigenvalue weighted by Gasteiger charge is -2.34. The molecule has 26 heavy (non-hydrogen) atoms. The molecular formula is C21H26BrN3O. The van der Waals surface area contributed by atoms with Crippen molar-refractivity contribution in [3.05, 3.63) is 70.2 Å². The van der Waals surface area contributed by atoms with Crippen molar-refractivity contribution in [3.63, 3.8) is 0 Å². The number of nitrogens with one attached hydrogen (secondary N) is 1. The zero-order chi connectivity index (χ0) is 18.4. The summed E-state index contributed by atoms with van der Waals surface area (Å²) in [6.45, 7) is 7.35. The molecule has 1 aliphatic rings. The van der Waals surface area contributed by atoms with E-state index in [0.717, 1.165) is 42.8 Å². The minimum Gasteiger partial charge on any atom is -0.348 e. The molecule has 138 valence electrons. The van der Waals surface area contributed by atoms with Gasteiger partial charge < -0.3 is 5.32 Å². The van der Waals surface area contributed by atoms with Crippen LogP contribution in [0.5, 0.6) is 0 Å². The van der Waals surface area contributed by atoms with Crippen LogP contribution in [0.2, 0.25) is 0 Å². The van der Waals surface area contributed by atoms with E-state index in [9.17, 15) is 4.79 Å². The van der Waals surface area contributed by atoms with Crippen LogP contribution < -0.4 is 5.32 Å². The van der Waals surface area contributed by atoms with Gasteiger partial charge in [0.1, 0.15) is 0 Å². The van der Waals surface area contributed by atoms with Crippen LogP contribution in [-0.4, -0.2) is 48.4 Å². The second-order valence-corrected chi connectivity index (χ2v) is 7.70. The van der Waals surface area contributed by atoms with Gasteiger partial charge in [0.25, 0.3) is 0 Å². The predicted molar refractivity (Wildman–Crippen MR) is 109 cm³/mol. The molecule has 0 bridgehead atoms. The second-order valence-electron chi connectivity index (χ2n) is 6.85. The topological polar surface area (TPSA) is 35.6 Å². The highest BCUT2D eigenvalue weighted by molar-refractivity contribution is 9.10. The average Bonchev–Trinajstić information content (AvgIpc) is 2.64. The molecule has 0 saturated carbocycles. The van der Waals surface area contributed by atoms with Crippen molar-refractivity contribution >= 4 is 21.8 Å². The summed E-state index contributed by atoms with van der Waals surface area (Å²) in [4.78, 5) is 17.1. The first-order valence-electron chi connectivity index (χ1n) is 9.14. The molecule has 4 nitrogen and oxygen atoms in total. The highest BCUT2D eigenvalue weighted by Gasteiger charge is 2.20. The number of amides is 1. The van der Waals surface area contributed by atoms with E-state index < -0.39 is 0 Å². The van der Waals surface area contributed by atoms with Crippen molar-refractivity contribution in [2.45, 2.75) is 19.5 Å². The second kappa shape index (κ2) is 9.31. The summed E-state index contributed by atoms with van der Waals surface area (Å²) in [6, 6.07) is 18.6. The number of nitrogens with zero attached hydrogens (tertiary/aromatic N) is 2. The summed E-state index contributed by atoms with van der Waals surface area (Å²) in [5, 5.41) is 3.11. The predicted octanol–water partition coefficient (Wildman–Crippen LogP) is 3.44. The Kier molecular flexibility index (Phi) is 6.83. The summed E-state index contributed by atoms with van der Waals surface area (Å²) in [5.74, 6) is 0.0877. The average molecular weight is 416 g/mol. The van der Waals surface area contributed by atoms with E-state index in [0.29, 0.717) is 6.54 Å². The lowest BCUT2D eigenvalue weighted by Crippen LogP contribution is -2.49. The number of rotatable bonds is 6. The largest absolute Gasteiger partial charge is 0.348 e. The Labute approximate surface area is 164 Å². The molecule has 5 heteroatoms. The van der Waals surface area contributed by atoms with Crippen LogP contribution in [0.15, 0.2) is 59.1 Å². The quantitative estimate of drug-likeness (QED) is 0.784. The molecule has 1 amide bonds. The molecule has 2 aromatic carbocycles. The van der Waals surface area contributed by atoms with E-state index in [1.54, 1.807) is 0 Å². The van der Waals surface area contributed by atoms with Gasteiger partial charge in [-0.2, -0.15) is 0 Å². The van der Waals surface area contributed by atoms with Crippen molar-refractivity contribution in [2.24, 2.45) is 0 Å². The number of carbonyl (C=O) groups excluding carboxylic acids is 1. The molecular weight excluding hydrogens is 390 g/mol. The maximum absolute atomic E-state index is 12.4. The third kappa shape index (κ3) is 5.40. The van der Waals surface area contributed by atoms with E-state index in [2.05, 4.69) is 61.4 Å². The van der Waals surface area contributed by atoms with Gasteiger partial charge in [0, 0.05) is 37.2 Å². The highest BCUT2D eigenvalue weighted by Crippen LogP contribution is 2.22. The standard InChI is InChI=1S/C21H26BrN3O/c1-17(19-9-5-6-10-20(19)22)23-21(26)16-25-13-11-24(12-14-25)15-18-7-3-2-4-8-18/h2-10,17H,11-16H2,1H3,(H,23,26)/t17-/m0/s1. The minimum atomic E-state index is -0.00237. The lowest BCUT2D eigenvalue weighted by molar-refractivity contribution is -0.123. The van der Waals surface area contributed by atoms with E-state index in [4.69, 9.17) is 0 Å². The fourth-order valence-corrected chi connectivity index (χ4v) is 3.97. The van der Waals surface area contributed by atoms with Gasteiger partial charge in [-0.1, -0.05) is 64.5 Å². The molecule has 1 heterocycles. The zero-order valence-electron chi connectivity index (χ0n) is 15.2. The van der Waals surface area contributed by atoms with Gasteiger partial charge in [-0.15, -0.1) is 0 Å². The van der Waals surface area contributed by atoms with Crippen LogP contribution >= 0.6 is 15.9 Å². The van der Waals surface area contributed by atoms with Crippen LogP contribution in [-0.2, 0) is 11.3 Å². The summed E-state index contributed by atoms with van der Waals surface area (Å²) < 4.78 is 1.03. The maximum Gasteiger partial charge on any atom is 0.234 e. The minimum absolute atomic E-state index is 0.00237. The summed E-state index contributed by atoms with van der Waals surface area (Å²) in [7, 11) is 0. The first kappa shape index (κ1) is 19.1. The molecule has 1 N–H and O–H groups in total. The number of carbonyl (C=O) groups is 1. The van der Waals surface area contributed by atoms with E-state index in [-0.39, 0.29) is 11.9 Å². The Hall–Kier alpha value is -1.69. The number of piperazine rings is 1. The number of hydrogen-bond donors (Lipinski definition) is 1. The highest BCUT2D eigenvalue weighted by atomic mass is 79.9. The smallest absolute Gasteiger partial charge is 0.234 e. The van der Waals surface area contributed by atoms with Gasteiger partial charge in [0.2, 0.25) is 5.91 Å². The van der Waals surface area contributed by atoms with E-state index in [1.165, 1.54) is 5.56 Å². The normalized spacial score (nSPS) is 17.0. The maximum atomic E-state index is 12.4. The summed E-state index contributed by atoms with van der Waals surface area (Å²) in [5.41, 5.74) is 2.45. The van der Waals surface area contributed by atoms with Gasteiger partial charge in [-0.3, -0.25) is 14.6 Å². The lowest BCUT2D eigenvalue weighted by atomic mass is 10.1. The van der Waals surface area contributed by atoms with Crippen LogP contribution in [0.25, 0.3) is 0 Å². The SMILES string of the molecule is C[C@H](NC(=O)CN1CCN(Cc2ccccc2)CC1)c1ccccc1Br. The molecule has 2 aromatic rings. The molecule has 1 atom stereocenters. The molecule has 1 aliphatic heterocycles. The van der Waals surface area contributed by atoms with Crippen molar-refractivity contribution in [3.8, 4) is 0 Å². The molecule has 3 rings (SSSR count). The Bertz CT molecular complexity index is 714. The number of hydrogen-bond acceptors (Lipinski definition) is 3. The Morgan fingerprint density at radius 3 is 2.31 bits per heavy atom. The van der Waals surface area contributed by atoms with Crippen LogP contribution in [0.1, 0.15) is 24.1 Å². The summed E-state index contributed by atoms with van der Waals surface area (Å²) in [6.07, 6.45) is 0. The number of halogens is 1. The van der Waals surface area contributed by atoms with Crippen molar-refractivity contribution < 1.29 is 4.79 Å². The molecule has 0 unspecified atom stereocenters. The van der Waals surface area contributed by atoms with Gasteiger partial charge in [-0.05, 0) is 24.1 Å². The van der Waals surface area contributed by atoms with Crippen LogP contribution in [0.3, 0.4) is 0 Å². The van der Waals surface area contributed by atoms with Crippen LogP contribution in [0.4, 0.5) is 0 Å². The first-order chi connectivity index (χ1) is 12.6. The third-order valence-electron chi connectivity index (χ3n) is 4.83. The van der Waals surface area contributed by atoms with Gasteiger partial charge in [0.15, 0.2) is 0 Å². The molecule has 1 saturated heterocycles. The monoisotopic (exact) mass is 415 g/mol. The fourth-order valence-electron chi connectivity index (χ4n) is 3.34. The molecule has 1 fully saturated rings.